The fourth-order valence-electron chi connectivity index (χ4n) is 2.54. The molecule has 2 rings (SSSR count). The molecule has 0 amide bonds. The van der Waals surface area contributed by atoms with Gasteiger partial charge in [-0.2, -0.15) is 0 Å². The topological polar surface area (TPSA) is 35.5 Å². The van der Waals surface area contributed by atoms with Gasteiger partial charge in [0.15, 0.2) is 6.10 Å². The molecule has 1 atom stereocenters. The summed E-state index contributed by atoms with van der Waals surface area (Å²) in [5.74, 6) is 0.526. The highest BCUT2D eigenvalue weighted by molar-refractivity contribution is 5.75. The standard InChI is InChI=1S/C17H24O3/c1-3-11-19-17(18)16(4-2)20-15-10-9-13-7-5-6-8-14(13)12-15/h9-10,12,16H,3-8,11H2,1-2H3. The van der Waals surface area contributed by atoms with Crippen LogP contribution in [-0.2, 0) is 22.4 Å². The van der Waals surface area contributed by atoms with Crippen molar-refractivity contribution in [3.05, 3.63) is 29.3 Å². The summed E-state index contributed by atoms with van der Waals surface area (Å²) < 4.78 is 11.0. The van der Waals surface area contributed by atoms with Crippen LogP contribution in [0, 0.1) is 0 Å². The monoisotopic (exact) mass is 276 g/mol. The van der Waals surface area contributed by atoms with E-state index in [2.05, 4.69) is 12.1 Å². The zero-order valence-electron chi connectivity index (χ0n) is 12.5. The summed E-state index contributed by atoms with van der Waals surface area (Å²) in [6, 6.07) is 6.19. The van der Waals surface area contributed by atoms with Crippen molar-refractivity contribution in [1.29, 1.82) is 0 Å². The maximum atomic E-state index is 11.9. The van der Waals surface area contributed by atoms with Crippen LogP contribution in [0.5, 0.6) is 5.75 Å². The lowest BCUT2D eigenvalue weighted by atomic mass is 9.92. The van der Waals surface area contributed by atoms with Gasteiger partial charge in [-0.05, 0) is 61.8 Å². The van der Waals surface area contributed by atoms with E-state index >= 15 is 0 Å². The van der Waals surface area contributed by atoms with Gasteiger partial charge in [0.25, 0.3) is 0 Å². The molecule has 0 N–H and O–H groups in total. The first-order valence-electron chi connectivity index (χ1n) is 7.69. The Morgan fingerprint density at radius 2 is 1.95 bits per heavy atom. The van der Waals surface area contributed by atoms with Crippen molar-refractivity contribution in [3.63, 3.8) is 0 Å². The Kier molecular flexibility index (Phi) is 5.45. The van der Waals surface area contributed by atoms with Gasteiger partial charge in [-0.15, -0.1) is 0 Å². The lowest BCUT2D eigenvalue weighted by Crippen LogP contribution is -2.29. The molecule has 0 aromatic heterocycles. The number of aryl methyl sites for hydroxylation is 2. The van der Waals surface area contributed by atoms with E-state index in [1.807, 2.05) is 19.9 Å². The molecule has 1 aliphatic carbocycles. The molecule has 1 aromatic rings. The molecule has 0 radical (unpaired) electrons. The zero-order valence-corrected chi connectivity index (χ0v) is 12.5. The molecule has 3 heteroatoms. The van der Waals surface area contributed by atoms with E-state index in [1.165, 1.54) is 24.0 Å². The number of rotatable bonds is 6. The van der Waals surface area contributed by atoms with E-state index < -0.39 is 6.10 Å². The summed E-state index contributed by atoms with van der Waals surface area (Å²) in [6.07, 6.45) is 5.75. The number of hydrogen-bond donors (Lipinski definition) is 0. The Morgan fingerprint density at radius 1 is 1.20 bits per heavy atom. The van der Waals surface area contributed by atoms with E-state index in [0.29, 0.717) is 13.0 Å². The Labute approximate surface area is 121 Å². The molecule has 3 nitrogen and oxygen atoms in total. The van der Waals surface area contributed by atoms with E-state index in [-0.39, 0.29) is 5.97 Å². The smallest absolute Gasteiger partial charge is 0.347 e. The quantitative estimate of drug-likeness (QED) is 0.744. The largest absolute Gasteiger partial charge is 0.479 e. The fourth-order valence-corrected chi connectivity index (χ4v) is 2.54. The van der Waals surface area contributed by atoms with Gasteiger partial charge in [0.1, 0.15) is 5.75 Å². The van der Waals surface area contributed by atoms with Crippen LogP contribution >= 0.6 is 0 Å². The van der Waals surface area contributed by atoms with Crippen LogP contribution in [-0.4, -0.2) is 18.7 Å². The molecule has 0 heterocycles. The van der Waals surface area contributed by atoms with Gasteiger partial charge in [-0.3, -0.25) is 0 Å². The predicted molar refractivity (Wildman–Crippen MR) is 79.0 cm³/mol. The first-order chi connectivity index (χ1) is 9.74. The Morgan fingerprint density at radius 3 is 2.65 bits per heavy atom. The van der Waals surface area contributed by atoms with E-state index in [1.54, 1.807) is 0 Å². The number of benzene rings is 1. The maximum absolute atomic E-state index is 11.9. The number of esters is 1. The van der Waals surface area contributed by atoms with Gasteiger partial charge in [0, 0.05) is 0 Å². The minimum atomic E-state index is -0.497. The Hall–Kier alpha value is -1.51. The number of fused-ring (bicyclic) bond motifs is 1. The highest BCUT2D eigenvalue weighted by atomic mass is 16.6. The van der Waals surface area contributed by atoms with Crippen LogP contribution in [0.1, 0.15) is 50.7 Å². The molecule has 1 aliphatic rings. The summed E-state index contributed by atoms with van der Waals surface area (Å²) in [5.41, 5.74) is 2.79. The van der Waals surface area contributed by atoms with Gasteiger partial charge in [-0.1, -0.05) is 19.9 Å². The first kappa shape index (κ1) is 14.9. The molecule has 0 saturated carbocycles. The van der Waals surface area contributed by atoms with Crippen molar-refractivity contribution in [1.82, 2.24) is 0 Å². The average molecular weight is 276 g/mol. The fraction of sp³-hybridized carbons (Fsp3) is 0.588. The van der Waals surface area contributed by atoms with Crippen LogP contribution in [0.15, 0.2) is 18.2 Å². The average Bonchev–Trinajstić information content (AvgIpc) is 2.50. The minimum absolute atomic E-state index is 0.257. The van der Waals surface area contributed by atoms with Crippen molar-refractivity contribution in [2.24, 2.45) is 0 Å². The SMILES string of the molecule is CCCOC(=O)C(CC)Oc1ccc2c(c1)CCCC2. The van der Waals surface area contributed by atoms with Crippen LogP contribution in [0.2, 0.25) is 0 Å². The molecular weight excluding hydrogens is 252 g/mol. The molecule has 0 bridgehead atoms. The van der Waals surface area contributed by atoms with Gasteiger partial charge in [0.2, 0.25) is 0 Å². The lowest BCUT2D eigenvalue weighted by Gasteiger charge is -2.20. The minimum Gasteiger partial charge on any atom is -0.479 e. The zero-order chi connectivity index (χ0) is 14.4. The van der Waals surface area contributed by atoms with E-state index in [0.717, 1.165) is 25.0 Å². The van der Waals surface area contributed by atoms with E-state index in [4.69, 9.17) is 9.47 Å². The maximum Gasteiger partial charge on any atom is 0.347 e. The number of carbonyl (C=O) groups excluding carboxylic acids is 1. The third kappa shape index (κ3) is 3.75. The van der Waals surface area contributed by atoms with Gasteiger partial charge >= 0.3 is 5.97 Å². The summed E-state index contributed by atoms with van der Waals surface area (Å²) in [6.45, 7) is 4.39. The molecule has 0 fully saturated rings. The van der Waals surface area contributed by atoms with Crippen LogP contribution in [0.4, 0.5) is 0 Å². The predicted octanol–water partition coefficient (Wildman–Crippen LogP) is 3.68. The third-order valence-electron chi connectivity index (χ3n) is 3.68. The van der Waals surface area contributed by atoms with Crippen LogP contribution in [0.3, 0.4) is 0 Å². The van der Waals surface area contributed by atoms with Crippen molar-refractivity contribution in [3.8, 4) is 5.75 Å². The second kappa shape index (κ2) is 7.32. The molecular formula is C17H24O3. The molecule has 20 heavy (non-hydrogen) atoms. The molecule has 0 spiro atoms. The lowest BCUT2D eigenvalue weighted by molar-refractivity contribution is -0.152. The molecule has 110 valence electrons. The number of hydrogen-bond acceptors (Lipinski definition) is 3. The molecule has 0 aliphatic heterocycles. The molecule has 1 aromatic carbocycles. The first-order valence-corrected chi connectivity index (χ1v) is 7.69. The van der Waals surface area contributed by atoms with Crippen LogP contribution < -0.4 is 4.74 Å². The summed E-state index contributed by atoms with van der Waals surface area (Å²) in [5, 5.41) is 0. The van der Waals surface area contributed by atoms with Crippen molar-refractivity contribution in [2.75, 3.05) is 6.61 Å². The summed E-state index contributed by atoms with van der Waals surface area (Å²) in [7, 11) is 0. The third-order valence-corrected chi connectivity index (χ3v) is 3.68. The number of carbonyl (C=O) groups is 1. The van der Waals surface area contributed by atoms with Gasteiger partial charge < -0.3 is 9.47 Å². The Bertz CT molecular complexity index is 454. The van der Waals surface area contributed by atoms with Crippen molar-refractivity contribution in [2.45, 2.75) is 58.5 Å². The van der Waals surface area contributed by atoms with Crippen molar-refractivity contribution >= 4 is 5.97 Å². The van der Waals surface area contributed by atoms with Gasteiger partial charge in [0.05, 0.1) is 6.61 Å². The summed E-state index contributed by atoms with van der Waals surface area (Å²) >= 11 is 0. The highest BCUT2D eigenvalue weighted by Gasteiger charge is 2.20. The van der Waals surface area contributed by atoms with Crippen LogP contribution in [0.25, 0.3) is 0 Å². The molecule has 0 saturated heterocycles. The number of ether oxygens (including phenoxy) is 2. The van der Waals surface area contributed by atoms with Gasteiger partial charge in [-0.25, -0.2) is 4.79 Å². The van der Waals surface area contributed by atoms with E-state index in [9.17, 15) is 4.79 Å². The second-order valence-corrected chi connectivity index (χ2v) is 5.32. The summed E-state index contributed by atoms with van der Waals surface area (Å²) in [4.78, 5) is 11.9. The second-order valence-electron chi connectivity index (χ2n) is 5.32. The Balaban J connectivity index is 2.02. The van der Waals surface area contributed by atoms with Crippen molar-refractivity contribution < 1.29 is 14.3 Å². The normalized spacial score (nSPS) is 15.3. The molecule has 1 unspecified atom stereocenters. The highest BCUT2D eigenvalue weighted by Crippen LogP contribution is 2.26.